The van der Waals surface area contributed by atoms with Gasteiger partial charge in [0.15, 0.2) is 5.65 Å². The number of rotatable bonds is 7. The summed E-state index contributed by atoms with van der Waals surface area (Å²) in [5, 5.41) is 11.1. The van der Waals surface area contributed by atoms with Gasteiger partial charge in [0.2, 0.25) is 0 Å². The smallest absolute Gasteiger partial charge is 0.252 e. The Bertz CT molecular complexity index is 1150. The van der Waals surface area contributed by atoms with Gasteiger partial charge in [-0.2, -0.15) is 5.10 Å². The molecule has 1 amide bonds. The minimum absolute atomic E-state index is 0.0621. The van der Waals surface area contributed by atoms with Crippen LogP contribution in [0.2, 0.25) is 5.02 Å². The van der Waals surface area contributed by atoms with Crippen LogP contribution in [0, 0.1) is 5.82 Å². The molecule has 4 aromatic rings. The molecule has 3 aromatic heterocycles. The van der Waals surface area contributed by atoms with Gasteiger partial charge in [0.1, 0.15) is 23.7 Å². The normalized spacial score (nSPS) is 11.0. The molecule has 0 spiro atoms. The molecule has 0 aliphatic carbocycles. The Labute approximate surface area is 169 Å². The number of hydrogen-bond acceptors (Lipinski definition) is 6. The zero-order valence-electron chi connectivity index (χ0n) is 15.1. The van der Waals surface area contributed by atoms with Crippen molar-refractivity contribution in [3.8, 4) is 0 Å². The Morgan fingerprint density at radius 2 is 2.17 bits per heavy atom. The van der Waals surface area contributed by atoms with Crippen molar-refractivity contribution in [2.24, 2.45) is 0 Å². The van der Waals surface area contributed by atoms with Crippen LogP contribution in [0.5, 0.6) is 0 Å². The number of anilines is 1. The zero-order chi connectivity index (χ0) is 20.2. The van der Waals surface area contributed by atoms with Crippen LogP contribution in [0.15, 0.2) is 53.5 Å². The fraction of sp³-hybridized carbons (Fsp3) is 0.158. The zero-order valence-corrected chi connectivity index (χ0v) is 15.9. The van der Waals surface area contributed by atoms with E-state index in [-0.39, 0.29) is 16.5 Å². The lowest BCUT2D eigenvalue weighted by molar-refractivity contribution is 0.0952. The number of carbonyl (C=O) groups excluding carboxylic acids is 1. The van der Waals surface area contributed by atoms with Gasteiger partial charge in [0.25, 0.3) is 5.91 Å². The Morgan fingerprint density at radius 3 is 2.97 bits per heavy atom. The first kappa shape index (κ1) is 18.9. The van der Waals surface area contributed by atoms with Crippen molar-refractivity contribution < 1.29 is 13.6 Å². The minimum Gasteiger partial charge on any atom is -0.467 e. The third-order valence-electron chi connectivity index (χ3n) is 4.23. The molecule has 0 saturated carbocycles. The third-order valence-corrected chi connectivity index (χ3v) is 4.54. The molecule has 0 radical (unpaired) electrons. The number of benzene rings is 1. The fourth-order valence-electron chi connectivity index (χ4n) is 2.83. The fourth-order valence-corrected chi connectivity index (χ4v) is 3.08. The monoisotopic (exact) mass is 414 g/mol. The molecular weight excluding hydrogens is 399 g/mol. The second kappa shape index (κ2) is 8.27. The van der Waals surface area contributed by atoms with Crippen molar-refractivity contribution in [2.75, 3.05) is 11.9 Å². The van der Waals surface area contributed by atoms with E-state index in [2.05, 4.69) is 25.7 Å². The van der Waals surface area contributed by atoms with E-state index in [0.717, 1.165) is 17.2 Å². The lowest BCUT2D eigenvalue weighted by atomic mass is 10.2. The summed E-state index contributed by atoms with van der Waals surface area (Å²) >= 11 is 5.92. The van der Waals surface area contributed by atoms with E-state index in [1.807, 2.05) is 12.1 Å². The van der Waals surface area contributed by atoms with E-state index < -0.39 is 5.82 Å². The molecule has 0 fully saturated rings. The second-order valence-corrected chi connectivity index (χ2v) is 6.55. The van der Waals surface area contributed by atoms with Gasteiger partial charge in [-0.05, 0) is 30.3 Å². The van der Waals surface area contributed by atoms with Crippen molar-refractivity contribution in [1.82, 2.24) is 25.1 Å². The van der Waals surface area contributed by atoms with Gasteiger partial charge >= 0.3 is 0 Å². The lowest BCUT2D eigenvalue weighted by Crippen LogP contribution is -2.27. The summed E-state index contributed by atoms with van der Waals surface area (Å²) in [4.78, 5) is 20.8. The molecule has 29 heavy (non-hydrogen) atoms. The van der Waals surface area contributed by atoms with Gasteiger partial charge in [-0.15, -0.1) is 0 Å². The highest BCUT2D eigenvalue weighted by Gasteiger charge is 2.13. The van der Waals surface area contributed by atoms with Gasteiger partial charge in [-0.3, -0.25) is 4.79 Å². The molecule has 1 aromatic carbocycles. The maximum atomic E-state index is 13.1. The number of fused-ring (bicyclic) bond motifs is 1. The van der Waals surface area contributed by atoms with Crippen molar-refractivity contribution in [3.63, 3.8) is 0 Å². The lowest BCUT2D eigenvalue weighted by Gasteiger charge is -2.08. The van der Waals surface area contributed by atoms with Crippen LogP contribution < -0.4 is 10.6 Å². The summed E-state index contributed by atoms with van der Waals surface area (Å²) < 4.78 is 20.1. The van der Waals surface area contributed by atoms with Crippen LogP contribution in [0.4, 0.5) is 10.2 Å². The van der Waals surface area contributed by atoms with Crippen LogP contribution >= 0.6 is 11.6 Å². The molecule has 0 saturated heterocycles. The quantitative estimate of drug-likeness (QED) is 0.481. The molecule has 0 aliphatic rings. The SMILES string of the molecule is O=C(NCCn1ncc2c(NCc3ccco3)ncnc21)c1ccc(F)cc1Cl. The Balaban J connectivity index is 1.41. The molecule has 2 N–H and O–H groups in total. The Hall–Kier alpha value is -3.46. The first-order chi connectivity index (χ1) is 14.1. The number of nitrogens with one attached hydrogen (secondary N) is 2. The average Bonchev–Trinajstić information content (AvgIpc) is 3.36. The van der Waals surface area contributed by atoms with Crippen LogP contribution in [0.3, 0.4) is 0 Å². The molecule has 8 nitrogen and oxygen atoms in total. The molecule has 0 bridgehead atoms. The van der Waals surface area contributed by atoms with Crippen molar-refractivity contribution in [3.05, 3.63) is 71.3 Å². The Kier molecular flexibility index (Phi) is 5.39. The summed E-state index contributed by atoms with van der Waals surface area (Å²) in [5.74, 6) is 0.540. The number of amides is 1. The maximum Gasteiger partial charge on any atom is 0.252 e. The highest BCUT2D eigenvalue weighted by molar-refractivity contribution is 6.33. The van der Waals surface area contributed by atoms with Crippen molar-refractivity contribution in [1.29, 1.82) is 0 Å². The highest BCUT2D eigenvalue weighted by Crippen LogP contribution is 2.20. The highest BCUT2D eigenvalue weighted by atomic mass is 35.5. The predicted octanol–water partition coefficient (Wildman–Crippen LogP) is 3.25. The first-order valence-electron chi connectivity index (χ1n) is 8.78. The average molecular weight is 415 g/mol. The van der Waals surface area contributed by atoms with Gasteiger partial charge < -0.3 is 15.1 Å². The van der Waals surface area contributed by atoms with Crippen LogP contribution in [-0.2, 0) is 13.1 Å². The minimum atomic E-state index is -0.495. The van der Waals surface area contributed by atoms with Gasteiger partial charge in [-0.1, -0.05) is 11.6 Å². The van der Waals surface area contributed by atoms with Crippen LogP contribution in [-0.4, -0.2) is 32.2 Å². The number of hydrogen-bond donors (Lipinski definition) is 2. The number of furan rings is 1. The maximum absolute atomic E-state index is 13.1. The molecule has 3 heterocycles. The van der Waals surface area contributed by atoms with Crippen molar-refractivity contribution >= 4 is 34.4 Å². The third kappa shape index (κ3) is 4.19. The topological polar surface area (TPSA) is 97.9 Å². The van der Waals surface area contributed by atoms with Gasteiger partial charge in [0, 0.05) is 6.54 Å². The number of aromatic nitrogens is 4. The van der Waals surface area contributed by atoms with E-state index in [1.54, 1.807) is 17.1 Å². The van der Waals surface area contributed by atoms with E-state index >= 15 is 0 Å². The number of halogens is 2. The molecule has 0 aliphatic heterocycles. The van der Waals surface area contributed by atoms with E-state index in [1.165, 1.54) is 18.5 Å². The van der Waals surface area contributed by atoms with Gasteiger partial charge in [-0.25, -0.2) is 19.0 Å². The molecular formula is C19H16ClFN6O2. The summed E-state index contributed by atoms with van der Waals surface area (Å²) in [6.07, 6.45) is 4.72. The van der Waals surface area contributed by atoms with Crippen molar-refractivity contribution in [2.45, 2.75) is 13.1 Å². The predicted molar refractivity (Wildman–Crippen MR) is 105 cm³/mol. The number of carbonyl (C=O) groups is 1. The summed E-state index contributed by atoms with van der Waals surface area (Å²) in [7, 11) is 0. The van der Waals surface area contributed by atoms with Crippen LogP contribution in [0.25, 0.3) is 11.0 Å². The molecule has 0 unspecified atom stereocenters. The standard InChI is InChI=1S/C19H16ClFN6O2/c20-16-8-12(21)3-4-14(16)19(28)22-5-6-27-18-15(10-26-27)17(24-11-25-18)23-9-13-2-1-7-29-13/h1-4,7-8,10-11H,5-6,9H2,(H,22,28)(H,23,24,25). The second-order valence-electron chi connectivity index (χ2n) is 6.14. The van der Waals surface area contributed by atoms with E-state index in [0.29, 0.717) is 31.1 Å². The summed E-state index contributed by atoms with van der Waals surface area (Å²) in [6, 6.07) is 7.32. The molecule has 148 valence electrons. The molecule has 0 atom stereocenters. The summed E-state index contributed by atoms with van der Waals surface area (Å²) in [5.41, 5.74) is 0.848. The summed E-state index contributed by atoms with van der Waals surface area (Å²) in [6.45, 7) is 1.17. The molecule has 10 heteroatoms. The van der Waals surface area contributed by atoms with E-state index in [9.17, 15) is 9.18 Å². The largest absolute Gasteiger partial charge is 0.467 e. The van der Waals surface area contributed by atoms with Gasteiger partial charge in [0.05, 0.1) is 41.5 Å². The van der Waals surface area contributed by atoms with Crippen LogP contribution in [0.1, 0.15) is 16.1 Å². The number of nitrogens with zero attached hydrogens (tertiary/aromatic N) is 4. The first-order valence-corrected chi connectivity index (χ1v) is 9.15. The Morgan fingerprint density at radius 1 is 1.28 bits per heavy atom. The van der Waals surface area contributed by atoms with E-state index in [4.69, 9.17) is 16.0 Å². The molecule has 4 rings (SSSR count).